The number of ether oxygens (including phenoxy) is 1. The van der Waals surface area contributed by atoms with E-state index in [1.165, 1.54) is 6.42 Å². The SMILES string of the molecule is CCCC1C(=O)c2[nH]c(C3CC4CC3C3OC43)nc2N(CCC)C1=O. The summed E-state index contributed by atoms with van der Waals surface area (Å²) in [4.78, 5) is 35.6. The van der Waals surface area contributed by atoms with E-state index in [9.17, 15) is 9.59 Å². The van der Waals surface area contributed by atoms with E-state index in [1.54, 1.807) is 4.90 Å². The molecule has 6 nitrogen and oxygen atoms in total. The summed E-state index contributed by atoms with van der Waals surface area (Å²) in [7, 11) is 0. The van der Waals surface area contributed by atoms with E-state index in [2.05, 4.69) is 4.98 Å². The summed E-state index contributed by atoms with van der Waals surface area (Å²) in [6, 6.07) is 0. The smallest absolute Gasteiger partial charge is 0.239 e. The maximum Gasteiger partial charge on any atom is 0.239 e. The van der Waals surface area contributed by atoms with Crippen LogP contribution in [0.5, 0.6) is 0 Å². The van der Waals surface area contributed by atoms with Crippen LogP contribution in [0.4, 0.5) is 5.82 Å². The maximum absolute atomic E-state index is 12.9. The van der Waals surface area contributed by atoms with Gasteiger partial charge in [-0.1, -0.05) is 20.3 Å². The van der Waals surface area contributed by atoms with E-state index in [0.29, 0.717) is 54.4 Å². The predicted molar refractivity (Wildman–Crippen MR) is 91.6 cm³/mol. The van der Waals surface area contributed by atoms with Crippen molar-refractivity contribution in [2.75, 3.05) is 11.4 Å². The van der Waals surface area contributed by atoms with Gasteiger partial charge in [0.25, 0.3) is 0 Å². The Morgan fingerprint density at radius 3 is 2.72 bits per heavy atom. The zero-order valence-corrected chi connectivity index (χ0v) is 14.8. The van der Waals surface area contributed by atoms with Crippen LogP contribution < -0.4 is 4.90 Å². The Kier molecular flexibility index (Phi) is 3.36. The number of hydrogen-bond donors (Lipinski definition) is 1. The minimum absolute atomic E-state index is 0.0715. The van der Waals surface area contributed by atoms with E-state index in [0.717, 1.165) is 25.1 Å². The highest BCUT2D eigenvalue weighted by Gasteiger charge is 2.64. The molecule has 1 aromatic heterocycles. The zero-order chi connectivity index (χ0) is 17.3. The number of Topliss-reactive ketones (excluding diaryl/α,β-unsaturated/α-hetero) is 1. The van der Waals surface area contributed by atoms with Crippen LogP contribution in [-0.2, 0) is 9.53 Å². The van der Waals surface area contributed by atoms with Crippen molar-refractivity contribution < 1.29 is 14.3 Å². The molecule has 1 amide bonds. The molecular weight excluding hydrogens is 318 g/mol. The van der Waals surface area contributed by atoms with Crippen molar-refractivity contribution in [2.45, 2.75) is 64.1 Å². The van der Waals surface area contributed by atoms with Crippen LogP contribution in [-0.4, -0.2) is 40.4 Å². The molecule has 4 aliphatic rings. The standard InChI is InChI=1S/C19H25N3O3/c1-3-5-10-14(23)13-18(22(6-4-2)19(10)24)21-17(20-13)12-8-9-7-11(12)16-15(9)25-16/h9-12,15-16H,3-8H2,1-2H3,(H,20,21). The molecule has 2 saturated carbocycles. The normalized spacial score (nSPS) is 38.2. The highest BCUT2D eigenvalue weighted by molar-refractivity contribution is 6.20. The van der Waals surface area contributed by atoms with Crippen molar-refractivity contribution in [3.8, 4) is 0 Å². The lowest BCUT2D eigenvalue weighted by Crippen LogP contribution is -2.45. The Morgan fingerprint density at radius 2 is 2.04 bits per heavy atom. The van der Waals surface area contributed by atoms with Gasteiger partial charge in [-0.2, -0.15) is 0 Å². The van der Waals surface area contributed by atoms with Gasteiger partial charge in [0.2, 0.25) is 5.91 Å². The van der Waals surface area contributed by atoms with E-state index in [4.69, 9.17) is 9.72 Å². The van der Waals surface area contributed by atoms with Crippen molar-refractivity contribution in [2.24, 2.45) is 17.8 Å². The fourth-order valence-corrected chi connectivity index (χ4v) is 5.40. The number of aromatic nitrogens is 2. The second-order valence-electron chi connectivity index (χ2n) is 8.08. The highest BCUT2D eigenvalue weighted by Crippen LogP contribution is 2.61. The van der Waals surface area contributed by atoms with Gasteiger partial charge in [0, 0.05) is 12.5 Å². The zero-order valence-electron chi connectivity index (χ0n) is 14.8. The molecule has 2 aliphatic heterocycles. The molecule has 2 aliphatic carbocycles. The number of carbonyl (C=O) groups is 2. The number of rotatable bonds is 5. The third-order valence-electron chi connectivity index (χ3n) is 6.56. The van der Waals surface area contributed by atoms with Gasteiger partial charge in [-0.05, 0) is 37.5 Å². The molecular formula is C19H25N3O3. The molecule has 3 heterocycles. The summed E-state index contributed by atoms with van der Waals surface area (Å²) in [5.74, 6) is 2.29. The van der Waals surface area contributed by atoms with E-state index in [-0.39, 0.29) is 11.7 Å². The molecule has 6 atom stereocenters. The maximum atomic E-state index is 12.9. The van der Waals surface area contributed by atoms with Gasteiger partial charge in [0.05, 0.1) is 12.2 Å². The first-order chi connectivity index (χ1) is 12.1. The third-order valence-corrected chi connectivity index (χ3v) is 6.56. The summed E-state index contributed by atoms with van der Waals surface area (Å²) >= 11 is 0. The molecule has 6 unspecified atom stereocenters. The number of hydrogen-bond acceptors (Lipinski definition) is 4. The second-order valence-corrected chi connectivity index (χ2v) is 8.08. The number of nitrogens with one attached hydrogen (secondary N) is 1. The number of aromatic amines is 1. The summed E-state index contributed by atoms with van der Waals surface area (Å²) in [6.07, 6.45) is 5.48. The number of fused-ring (bicyclic) bond motifs is 6. The van der Waals surface area contributed by atoms with Crippen molar-refractivity contribution in [1.29, 1.82) is 0 Å². The lowest BCUT2D eigenvalue weighted by atomic mass is 9.88. The number of nitrogens with zero attached hydrogens (tertiary/aromatic N) is 2. The number of amides is 1. The van der Waals surface area contributed by atoms with Crippen molar-refractivity contribution in [1.82, 2.24) is 9.97 Å². The van der Waals surface area contributed by atoms with E-state index < -0.39 is 5.92 Å². The molecule has 0 radical (unpaired) electrons. The molecule has 3 fully saturated rings. The Labute approximate surface area is 147 Å². The fourth-order valence-electron chi connectivity index (χ4n) is 5.40. The lowest BCUT2D eigenvalue weighted by Gasteiger charge is -2.29. The average molecular weight is 343 g/mol. The minimum Gasteiger partial charge on any atom is -0.369 e. The van der Waals surface area contributed by atoms with Gasteiger partial charge in [-0.3, -0.25) is 14.5 Å². The molecule has 1 saturated heterocycles. The number of anilines is 1. The topological polar surface area (TPSA) is 78.6 Å². The fraction of sp³-hybridized carbons (Fsp3) is 0.737. The minimum atomic E-state index is -0.548. The van der Waals surface area contributed by atoms with Gasteiger partial charge in [0.15, 0.2) is 11.6 Å². The summed E-state index contributed by atoms with van der Waals surface area (Å²) in [5.41, 5.74) is 0.553. The van der Waals surface area contributed by atoms with E-state index in [1.807, 2.05) is 13.8 Å². The third kappa shape index (κ3) is 2.09. The number of imidazole rings is 1. The monoisotopic (exact) mass is 343 g/mol. The second kappa shape index (κ2) is 5.40. The molecule has 0 spiro atoms. The van der Waals surface area contributed by atoms with Crippen LogP contribution in [0.2, 0.25) is 0 Å². The number of H-pyrrole nitrogens is 1. The summed E-state index contributed by atoms with van der Waals surface area (Å²) in [5, 5.41) is 0. The summed E-state index contributed by atoms with van der Waals surface area (Å²) in [6.45, 7) is 4.68. The van der Waals surface area contributed by atoms with Crippen LogP contribution in [0.25, 0.3) is 0 Å². The van der Waals surface area contributed by atoms with Crippen molar-refractivity contribution >= 4 is 17.5 Å². The van der Waals surface area contributed by atoms with Crippen LogP contribution in [0.3, 0.4) is 0 Å². The number of carbonyl (C=O) groups excluding carboxylic acids is 2. The Balaban J connectivity index is 1.51. The first-order valence-electron chi connectivity index (χ1n) is 9.75. The van der Waals surface area contributed by atoms with Gasteiger partial charge < -0.3 is 9.72 Å². The van der Waals surface area contributed by atoms with Crippen LogP contribution in [0.15, 0.2) is 0 Å². The number of epoxide rings is 1. The summed E-state index contributed by atoms with van der Waals surface area (Å²) < 4.78 is 5.77. The molecule has 1 N–H and O–H groups in total. The number of ketones is 1. The molecule has 2 bridgehead atoms. The Morgan fingerprint density at radius 1 is 1.20 bits per heavy atom. The molecule has 1 aromatic rings. The largest absolute Gasteiger partial charge is 0.369 e. The predicted octanol–water partition coefficient (Wildman–Crippen LogP) is 2.66. The quantitative estimate of drug-likeness (QED) is 0.658. The highest BCUT2D eigenvalue weighted by atomic mass is 16.6. The first-order valence-corrected chi connectivity index (χ1v) is 9.75. The molecule has 0 aromatic carbocycles. The van der Waals surface area contributed by atoms with Crippen LogP contribution in [0.1, 0.15) is 68.2 Å². The van der Waals surface area contributed by atoms with Crippen LogP contribution in [0, 0.1) is 17.8 Å². The molecule has 5 rings (SSSR count). The van der Waals surface area contributed by atoms with Crippen molar-refractivity contribution in [3.05, 3.63) is 11.5 Å². The molecule has 134 valence electrons. The molecule has 6 heteroatoms. The van der Waals surface area contributed by atoms with Gasteiger partial charge in [0.1, 0.15) is 17.4 Å². The van der Waals surface area contributed by atoms with Gasteiger partial charge in [-0.15, -0.1) is 0 Å². The average Bonchev–Trinajstić information content (AvgIpc) is 2.99. The molecule has 25 heavy (non-hydrogen) atoms. The lowest BCUT2D eigenvalue weighted by molar-refractivity contribution is -0.121. The first kappa shape index (κ1) is 15.6. The van der Waals surface area contributed by atoms with Crippen molar-refractivity contribution in [3.63, 3.8) is 0 Å². The van der Waals surface area contributed by atoms with Crippen LogP contribution >= 0.6 is 0 Å². The van der Waals surface area contributed by atoms with E-state index >= 15 is 0 Å². The Bertz CT molecular complexity index is 742. The van der Waals surface area contributed by atoms with Gasteiger partial charge in [-0.25, -0.2) is 4.98 Å². The Hall–Kier alpha value is -1.69. The van der Waals surface area contributed by atoms with Gasteiger partial charge >= 0.3 is 0 Å².